The van der Waals surface area contributed by atoms with Crippen molar-refractivity contribution in [2.75, 3.05) is 19.7 Å². The van der Waals surface area contributed by atoms with Crippen molar-refractivity contribution < 1.29 is 17.9 Å². The normalized spacial score (nSPS) is 23.0. The molecule has 6 nitrogen and oxygen atoms in total. The van der Waals surface area contributed by atoms with Crippen LogP contribution in [0.3, 0.4) is 0 Å². The van der Waals surface area contributed by atoms with E-state index in [-0.39, 0.29) is 19.7 Å². The van der Waals surface area contributed by atoms with Crippen molar-refractivity contribution in [3.05, 3.63) is 29.3 Å². The van der Waals surface area contributed by atoms with Crippen LogP contribution in [0, 0.1) is 0 Å². The Labute approximate surface area is 130 Å². The van der Waals surface area contributed by atoms with Crippen LogP contribution in [0.2, 0.25) is 0 Å². The molecule has 0 saturated carbocycles. The van der Waals surface area contributed by atoms with Crippen molar-refractivity contribution in [1.82, 2.24) is 4.31 Å². The molecular weight excluding hydrogens is 304 g/mol. The molecule has 2 aliphatic rings. The van der Waals surface area contributed by atoms with Gasteiger partial charge in [0.1, 0.15) is 6.10 Å². The molecule has 22 heavy (non-hydrogen) atoms. The van der Waals surface area contributed by atoms with Crippen LogP contribution in [0.15, 0.2) is 23.1 Å². The van der Waals surface area contributed by atoms with Gasteiger partial charge in [0.15, 0.2) is 0 Å². The number of rotatable bonds is 3. The summed E-state index contributed by atoms with van der Waals surface area (Å²) in [5, 5.41) is 0. The highest BCUT2D eigenvalue weighted by atomic mass is 32.2. The second kappa shape index (κ2) is 5.98. The van der Waals surface area contributed by atoms with Gasteiger partial charge < -0.3 is 10.5 Å². The highest BCUT2D eigenvalue weighted by Gasteiger charge is 2.33. The van der Waals surface area contributed by atoms with Crippen LogP contribution >= 0.6 is 0 Å². The number of morpholine rings is 1. The molecule has 1 aromatic rings. The lowest BCUT2D eigenvalue weighted by atomic mass is 9.92. The Morgan fingerprint density at radius 2 is 1.95 bits per heavy atom. The Kier molecular flexibility index (Phi) is 4.20. The number of hydrogen-bond donors (Lipinski definition) is 1. The first kappa shape index (κ1) is 15.5. The van der Waals surface area contributed by atoms with Crippen molar-refractivity contribution in [2.45, 2.75) is 36.7 Å². The van der Waals surface area contributed by atoms with Crippen LogP contribution in [0.1, 0.15) is 24.0 Å². The summed E-state index contributed by atoms with van der Waals surface area (Å²) in [7, 11) is -3.62. The van der Waals surface area contributed by atoms with Gasteiger partial charge in [0, 0.05) is 13.1 Å². The summed E-state index contributed by atoms with van der Waals surface area (Å²) in [4.78, 5) is 11.5. The van der Waals surface area contributed by atoms with Gasteiger partial charge >= 0.3 is 0 Å². The number of hydrogen-bond acceptors (Lipinski definition) is 4. The zero-order valence-electron chi connectivity index (χ0n) is 12.3. The molecule has 1 unspecified atom stereocenters. The van der Waals surface area contributed by atoms with E-state index < -0.39 is 22.0 Å². The van der Waals surface area contributed by atoms with E-state index in [1.165, 1.54) is 9.87 Å². The Morgan fingerprint density at radius 3 is 2.68 bits per heavy atom. The molecule has 1 amide bonds. The van der Waals surface area contributed by atoms with E-state index >= 15 is 0 Å². The molecule has 120 valence electrons. The van der Waals surface area contributed by atoms with Crippen LogP contribution in [-0.2, 0) is 32.4 Å². The summed E-state index contributed by atoms with van der Waals surface area (Å²) >= 11 is 0. The van der Waals surface area contributed by atoms with E-state index in [1.807, 2.05) is 6.07 Å². The number of fused-ring (bicyclic) bond motifs is 1. The number of ether oxygens (including phenoxy) is 1. The molecule has 3 rings (SSSR count). The number of amides is 1. The average molecular weight is 324 g/mol. The first-order chi connectivity index (χ1) is 10.5. The first-order valence-corrected chi connectivity index (χ1v) is 8.95. The van der Waals surface area contributed by atoms with Gasteiger partial charge in [0.25, 0.3) is 0 Å². The van der Waals surface area contributed by atoms with E-state index in [2.05, 4.69) is 0 Å². The second-order valence-corrected chi connectivity index (χ2v) is 7.70. The van der Waals surface area contributed by atoms with E-state index in [1.54, 1.807) is 12.1 Å². The number of benzene rings is 1. The van der Waals surface area contributed by atoms with Gasteiger partial charge in [-0.2, -0.15) is 4.31 Å². The topological polar surface area (TPSA) is 89.7 Å². The van der Waals surface area contributed by atoms with Crippen LogP contribution in [0.5, 0.6) is 0 Å². The van der Waals surface area contributed by atoms with Crippen LogP contribution < -0.4 is 5.73 Å². The third-order valence-corrected chi connectivity index (χ3v) is 6.17. The number of aryl methyl sites for hydroxylation is 2. The average Bonchev–Trinajstić information content (AvgIpc) is 2.54. The van der Waals surface area contributed by atoms with Crippen LogP contribution in [0.25, 0.3) is 0 Å². The second-order valence-electron chi connectivity index (χ2n) is 5.76. The van der Waals surface area contributed by atoms with E-state index in [0.29, 0.717) is 4.90 Å². The zero-order chi connectivity index (χ0) is 15.7. The maximum Gasteiger partial charge on any atom is 0.247 e. The third kappa shape index (κ3) is 2.88. The minimum absolute atomic E-state index is 0.0191. The molecule has 1 aliphatic carbocycles. The monoisotopic (exact) mass is 324 g/mol. The highest BCUT2D eigenvalue weighted by molar-refractivity contribution is 7.89. The van der Waals surface area contributed by atoms with Crippen molar-refractivity contribution in [3.8, 4) is 0 Å². The summed E-state index contributed by atoms with van der Waals surface area (Å²) < 4.78 is 32.0. The summed E-state index contributed by atoms with van der Waals surface area (Å²) in [6, 6.07) is 5.35. The van der Waals surface area contributed by atoms with Crippen LogP contribution in [0.4, 0.5) is 0 Å². The number of nitrogens with zero attached hydrogens (tertiary/aromatic N) is 1. The minimum atomic E-state index is -3.62. The van der Waals surface area contributed by atoms with Crippen molar-refractivity contribution in [2.24, 2.45) is 5.73 Å². The predicted octanol–water partition coefficient (Wildman–Crippen LogP) is 0.440. The molecule has 1 saturated heterocycles. The molecule has 1 heterocycles. The molecule has 7 heteroatoms. The number of carbonyl (C=O) groups is 1. The maximum absolute atomic E-state index is 12.8. The Bertz CT molecular complexity index is 687. The lowest BCUT2D eigenvalue weighted by Gasteiger charge is -2.30. The fraction of sp³-hybridized carbons (Fsp3) is 0.533. The number of carbonyl (C=O) groups excluding carboxylic acids is 1. The van der Waals surface area contributed by atoms with Gasteiger partial charge in [0.05, 0.1) is 11.5 Å². The van der Waals surface area contributed by atoms with Gasteiger partial charge in [-0.3, -0.25) is 4.79 Å². The molecule has 0 radical (unpaired) electrons. The quantitative estimate of drug-likeness (QED) is 0.873. The van der Waals surface area contributed by atoms with Gasteiger partial charge in [-0.15, -0.1) is 0 Å². The summed E-state index contributed by atoms with van der Waals surface area (Å²) in [5.41, 5.74) is 7.57. The van der Waals surface area contributed by atoms with Gasteiger partial charge in [-0.05, 0) is 48.9 Å². The Morgan fingerprint density at radius 1 is 1.23 bits per heavy atom. The molecule has 0 spiro atoms. The van der Waals surface area contributed by atoms with E-state index in [9.17, 15) is 13.2 Å². The summed E-state index contributed by atoms with van der Waals surface area (Å²) in [6.45, 7) is 0.399. The molecule has 1 fully saturated rings. The van der Waals surface area contributed by atoms with E-state index in [0.717, 1.165) is 31.2 Å². The number of nitrogens with two attached hydrogens (primary N) is 1. The molecule has 0 aromatic heterocycles. The smallest absolute Gasteiger partial charge is 0.247 e. The molecule has 0 bridgehead atoms. The molecular formula is C15H20N2O4S. The first-order valence-electron chi connectivity index (χ1n) is 7.51. The lowest BCUT2D eigenvalue weighted by molar-refractivity contribution is -0.132. The predicted molar refractivity (Wildman–Crippen MR) is 80.8 cm³/mol. The maximum atomic E-state index is 12.8. The standard InChI is InChI=1S/C15H20N2O4S/c16-15(18)14-10-17(7-8-21-14)22(19,20)13-6-5-11-3-1-2-4-12(11)9-13/h5-6,9,14H,1-4,7-8,10H2,(H2,16,18). The third-order valence-electron chi connectivity index (χ3n) is 4.30. The molecule has 1 aliphatic heterocycles. The SMILES string of the molecule is NC(=O)C1CN(S(=O)(=O)c2ccc3c(c2)CCCC3)CCO1. The molecule has 1 atom stereocenters. The summed E-state index contributed by atoms with van der Waals surface area (Å²) in [5.74, 6) is -0.634. The van der Waals surface area contributed by atoms with Crippen molar-refractivity contribution >= 4 is 15.9 Å². The van der Waals surface area contributed by atoms with Gasteiger partial charge in [-0.25, -0.2) is 8.42 Å². The van der Waals surface area contributed by atoms with Crippen molar-refractivity contribution in [3.63, 3.8) is 0 Å². The Balaban J connectivity index is 1.87. The fourth-order valence-corrected chi connectivity index (χ4v) is 4.51. The Hall–Kier alpha value is -1.44. The summed E-state index contributed by atoms with van der Waals surface area (Å²) in [6.07, 6.45) is 3.31. The minimum Gasteiger partial charge on any atom is -0.367 e. The largest absolute Gasteiger partial charge is 0.367 e. The highest BCUT2D eigenvalue weighted by Crippen LogP contribution is 2.26. The van der Waals surface area contributed by atoms with Crippen molar-refractivity contribution in [1.29, 1.82) is 0 Å². The zero-order valence-corrected chi connectivity index (χ0v) is 13.1. The van der Waals surface area contributed by atoms with Gasteiger partial charge in [0.2, 0.25) is 15.9 Å². The fourth-order valence-electron chi connectivity index (χ4n) is 3.04. The van der Waals surface area contributed by atoms with Gasteiger partial charge in [-0.1, -0.05) is 6.07 Å². The molecule has 1 aromatic carbocycles. The van der Waals surface area contributed by atoms with Crippen LogP contribution in [-0.4, -0.2) is 44.4 Å². The van der Waals surface area contributed by atoms with E-state index in [4.69, 9.17) is 10.5 Å². The number of primary amides is 1. The number of sulfonamides is 1. The molecule has 2 N–H and O–H groups in total. The lowest BCUT2D eigenvalue weighted by Crippen LogP contribution is -2.50.